The van der Waals surface area contributed by atoms with Crippen LogP contribution in [-0.2, 0) is 9.53 Å². The van der Waals surface area contributed by atoms with E-state index < -0.39 is 0 Å². The normalized spacial score (nSPS) is 11.5. The zero-order valence-corrected chi connectivity index (χ0v) is 7.94. The Morgan fingerprint density at radius 3 is 2.45 bits per heavy atom. The van der Waals surface area contributed by atoms with Crippen LogP contribution < -0.4 is 0 Å². The van der Waals surface area contributed by atoms with Gasteiger partial charge in [0.05, 0.1) is 11.3 Å². The maximum absolute atomic E-state index is 10.6. The van der Waals surface area contributed by atoms with Gasteiger partial charge in [-0.1, -0.05) is 0 Å². The quantitative estimate of drug-likeness (QED) is 0.548. The van der Waals surface area contributed by atoms with E-state index in [0.29, 0.717) is 13.0 Å². The van der Waals surface area contributed by atoms with E-state index in [9.17, 15) is 4.79 Å². The molecule has 0 aromatic heterocycles. The Bertz CT molecular complexity index is 132. The van der Waals surface area contributed by atoms with Crippen LogP contribution in [0.2, 0.25) is 0 Å². The maximum atomic E-state index is 10.6. The lowest BCUT2D eigenvalue weighted by atomic mass is 9.92. The number of rotatable bonds is 5. The summed E-state index contributed by atoms with van der Waals surface area (Å²) < 4.78 is 5.43. The molecular formula is C8H17BO2. The molecular weight excluding hydrogens is 139 g/mol. The second-order valence-electron chi connectivity index (χ2n) is 3.39. The van der Waals surface area contributed by atoms with Crippen molar-refractivity contribution in [2.45, 2.75) is 39.2 Å². The van der Waals surface area contributed by atoms with Crippen LogP contribution in [0.4, 0.5) is 0 Å². The summed E-state index contributed by atoms with van der Waals surface area (Å²) in [6, 6.07) is 0. The van der Waals surface area contributed by atoms with Crippen LogP contribution in [0.25, 0.3) is 0 Å². The number of hydrogen-bond acceptors (Lipinski definition) is 2. The molecule has 0 aromatic rings. The van der Waals surface area contributed by atoms with E-state index in [1.165, 1.54) is 0 Å². The Morgan fingerprint density at radius 2 is 2.09 bits per heavy atom. The molecule has 0 aliphatic rings. The summed E-state index contributed by atoms with van der Waals surface area (Å²) in [4.78, 5) is 10.6. The van der Waals surface area contributed by atoms with Gasteiger partial charge in [-0.05, 0) is 33.6 Å². The minimum atomic E-state index is -0.138. The third-order valence-electron chi connectivity index (χ3n) is 1.61. The number of ether oxygens (including phenoxy) is 1. The van der Waals surface area contributed by atoms with E-state index in [0.717, 1.165) is 6.42 Å². The second-order valence-corrected chi connectivity index (χ2v) is 3.39. The Hall–Kier alpha value is -0.305. The van der Waals surface area contributed by atoms with Gasteiger partial charge in [-0.3, -0.25) is 0 Å². The van der Waals surface area contributed by atoms with Gasteiger partial charge in [0, 0.05) is 6.61 Å². The van der Waals surface area contributed by atoms with Gasteiger partial charge >= 0.3 is 0 Å². The summed E-state index contributed by atoms with van der Waals surface area (Å²) in [6.07, 6.45) is 1.43. The Kier molecular flexibility index (Phi) is 4.42. The fraction of sp³-hybridized carbons (Fsp3) is 0.875. The number of carbonyl (C=O) groups excluding carboxylic acids is 1. The van der Waals surface area contributed by atoms with Gasteiger partial charge in [-0.25, -0.2) is 0 Å². The van der Waals surface area contributed by atoms with Crippen molar-refractivity contribution in [2.75, 3.05) is 6.61 Å². The van der Waals surface area contributed by atoms with Gasteiger partial charge in [0.15, 0.2) is 7.85 Å². The third kappa shape index (κ3) is 6.11. The first-order chi connectivity index (χ1) is 4.98. The van der Waals surface area contributed by atoms with Crippen molar-refractivity contribution in [1.82, 2.24) is 0 Å². The van der Waals surface area contributed by atoms with Gasteiger partial charge < -0.3 is 9.53 Å². The predicted molar refractivity (Wildman–Crippen MR) is 48.5 cm³/mol. The first-order valence-corrected chi connectivity index (χ1v) is 4.11. The number of carbonyl (C=O) groups is 1. The second kappa shape index (κ2) is 4.55. The molecule has 0 N–H and O–H groups in total. The molecule has 0 amide bonds. The van der Waals surface area contributed by atoms with Gasteiger partial charge in [-0.15, -0.1) is 0 Å². The summed E-state index contributed by atoms with van der Waals surface area (Å²) in [5.74, 6) is 0. The molecule has 0 spiro atoms. The average Bonchev–Trinajstić information content (AvgIpc) is 1.84. The minimum absolute atomic E-state index is 0.138. The maximum Gasteiger partial charge on any atom is 0.187 e. The van der Waals surface area contributed by atoms with Crippen molar-refractivity contribution < 1.29 is 9.53 Å². The van der Waals surface area contributed by atoms with Gasteiger partial charge in [0.2, 0.25) is 0 Å². The van der Waals surface area contributed by atoms with Crippen LogP contribution in [-0.4, -0.2) is 25.7 Å². The van der Waals surface area contributed by atoms with Crippen molar-refractivity contribution in [3.05, 3.63) is 0 Å². The molecule has 0 aliphatic carbocycles. The van der Waals surface area contributed by atoms with Crippen LogP contribution in [0.1, 0.15) is 33.6 Å². The van der Waals surface area contributed by atoms with Gasteiger partial charge in [0.1, 0.15) is 0 Å². The third-order valence-corrected chi connectivity index (χ3v) is 1.61. The van der Waals surface area contributed by atoms with Crippen LogP contribution in [0.3, 0.4) is 0 Å². The molecule has 0 aliphatic heterocycles. The fourth-order valence-corrected chi connectivity index (χ4v) is 0.940. The Labute approximate surface area is 69.7 Å². The molecule has 0 unspecified atom stereocenters. The largest absolute Gasteiger partial charge is 0.376 e. The number of hydrogen-bond donors (Lipinski definition) is 0. The summed E-state index contributed by atoms with van der Waals surface area (Å²) in [5.41, 5.74) is 0.0956. The zero-order valence-electron chi connectivity index (χ0n) is 7.94. The molecule has 11 heavy (non-hydrogen) atoms. The first-order valence-electron chi connectivity index (χ1n) is 4.11. The average molecular weight is 156 g/mol. The molecule has 2 nitrogen and oxygen atoms in total. The first kappa shape index (κ1) is 10.7. The lowest BCUT2D eigenvalue weighted by Gasteiger charge is -2.23. The zero-order chi connectivity index (χ0) is 8.91. The van der Waals surface area contributed by atoms with Gasteiger partial charge in [-0.2, -0.15) is 0 Å². The highest BCUT2D eigenvalue weighted by molar-refractivity contribution is 6.57. The van der Waals surface area contributed by atoms with E-state index >= 15 is 0 Å². The lowest BCUT2D eigenvalue weighted by Crippen LogP contribution is -2.25. The van der Waals surface area contributed by atoms with Crippen LogP contribution in [0.5, 0.6) is 0 Å². The summed E-state index contributed by atoms with van der Waals surface area (Å²) in [7, 11) is 1.61. The van der Waals surface area contributed by atoms with E-state index in [-0.39, 0.29) is 11.3 Å². The molecule has 0 saturated carbocycles. The van der Waals surface area contributed by atoms with Crippen molar-refractivity contribution in [3.8, 4) is 0 Å². The van der Waals surface area contributed by atoms with Crippen LogP contribution >= 0.6 is 0 Å². The van der Waals surface area contributed by atoms with E-state index in [1.54, 1.807) is 7.85 Å². The Balaban J connectivity index is 3.63. The summed E-state index contributed by atoms with van der Waals surface area (Å²) in [5, 5.41) is 0. The molecule has 0 heterocycles. The van der Waals surface area contributed by atoms with E-state index in [1.807, 2.05) is 20.8 Å². The predicted octanol–water partition coefficient (Wildman–Crippen LogP) is 0.741. The van der Waals surface area contributed by atoms with Gasteiger partial charge in [0.25, 0.3) is 0 Å². The molecule has 0 saturated heterocycles. The van der Waals surface area contributed by atoms with E-state index in [2.05, 4.69) is 0 Å². The molecule has 0 fully saturated rings. The smallest absolute Gasteiger partial charge is 0.187 e. The van der Waals surface area contributed by atoms with Crippen molar-refractivity contribution >= 4 is 13.5 Å². The molecule has 0 radical (unpaired) electrons. The van der Waals surface area contributed by atoms with Crippen LogP contribution in [0.15, 0.2) is 0 Å². The SMILES string of the molecule is BC(=O)CCC(C)(C)OCC. The topological polar surface area (TPSA) is 26.3 Å². The standard InChI is InChI=1S/C8H17BO2/c1-4-11-8(2,3)6-5-7(9)10/h4-6,9H2,1-3H3. The lowest BCUT2D eigenvalue weighted by molar-refractivity contribution is -0.113. The summed E-state index contributed by atoms with van der Waals surface area (Å²) in [6.45, 7) is 6.71. The molecule has 0 aromatic carbocycles. The molecule has 0 bridgehead atoms. The molecule has 64 valence electrons. The highest BCUT2D eigenvalue weighted by Crippen LogP contribution is 2.15. The van der Waals surface area contributed by atoms with Crippen LogP contribution in [0, 0.1) is 0 Å². The fourth-order valence-electron chi connectivity index (χ4n) is 0.940. The highest BCUT2D eigenvalue weighted by Gasteiger charge is 2.17. The van der Waals surface area contributed by atoms with Crippen molar-refractivity contribution in [1.29, 1.82) is 0 Å². The monoisotopic (exact) mass is 156 g/mol. The van der Waals surface area contributed by atoms with Crippen molar-refractivity contribution in [3.63, 3.8) is 0 Å². The molecule has 0 atom stereocenters. The minimum Gasteiger partial charge on any atom is -0.376 e. The Morgan fingerprint density at radius 1 is 1.55 bits per heavy atom. The molecule has 0 rings (SSSR count). The van der Waals surface area contributed by atoms with E-state index in [4.69, 9.17) is 4.74 Å². The highest BCUT2D eigenvalue weighted by atomic mass is 16.5. The summed E-state index contributed by atoms with van der Waals surface area (Å²) >= 11 is 0. The van der Waals surface area contributed by atoms with Crippen molar-refractivity contribution in [2.24, 2.45) is 0 Å². The molecule has 3 heteroatoms.